The summed E-state index contributed by atoms with van der Waals surface area (Å²) in [5.41, 5.74) is 13.9. The molecule has 1 atom stereocenters. The highest BCUT2D eigenvalue weighted by molar-refractivity contribution is 5.54. The third-order valence-electron chi connectivity index (χ3n) is 1.95. The lowest BCUT2D eigenvalue weighted by molar-refractivity contribution is 0.268. The molecule has 1 rings (SSSR count). The number of para-hydroxylation sites is 1. The van der Waals surface area contributed by atoms with Gasteiger partial charge in [0.2, 0.25) is 0 Å². The molecule has 3 heteroatoms. The summed E-state index contributed by atoms with van der Waals surface area (Å²) in [6.07, 6.45) is 0. The van der Waals surface area contributed by atoms with Gasteiger partial charge in [0.15, 0.2) is 0 Å². The number of aryl methyl sites for hydroxylation is 1. The lowest BCUT2D eigenvalue weighted by Gasteiger charge is -2.12. The molecule has 0 bridgehead atoms. The van der Waals surface area contributed by atoms with Gasteiger partial charge < -0.3 is 16.6 Å². The second-order valence-electron chi connectivity index (χ2n) is 2.87. The van der Waals surface area contributed by atoms with Crippen molar-refractivity contribution in [2.75, 3.05) is 12.3 Å². The Morgan fingerprint density at radius 2 is 2.17 bits per heavy atom. The van der Waals surface area contributed by atoms with Crippen molar-refractivity contribution in [2.45, 2.75) is 13.0 Å². The summed E-state index contributed by atoms with van der Waals surface area (Å²) in [7, 11) is 0. The number of rotatable bonds is 2. The number of aliphatic hydroxyl groups is 1. The van der Waals surface area contributed by atoms with Crippen LogP contribution in [0.15, 0.2) is 18.2 Å². The van der Waals surface area contributed by atoms with E-state index in [2.05, 4.69) is 0 Å². The van der Waals surface area contributed by atoms with Crippen LogP contribution in [0, 0.1) is 6.92 Å². The second-order valence-corrected chi connectivity index (χ2v) is 2.87. The summed E-state index contributed by atoms with van der Waals surface area (Å²) in [4.78, 5) is 0. The minimum Gasteiger partial charge on any atom is -0.398 e. The molecule has 0 aliphatic carbocycles. The quantitative estimate of drug-likeness (QED) is 0.562. The van der Waals surface area contributed by atoms with Gasteiger partial charge in [-0.3, -0.25) is 0 Å². The molecule has 1 aromatic rings. The van der Waals surface area contributed by atoms with Gasteiger partial charge in [0.25, 0.3) is 0 Å². The molecule has 0 unspecified atom stereocenters. The summed E-state index contributed by atoms with van der Waals surface area (Å²) >= 11 is 0. The SMILES string of the molecule is Cc1cccc([C@@H](N)CO)c1N. The van der Waals surface area contributed by atoms with Crippen LogP contribution < -0.4 is 11.5 Å². The zero-order chi connectivity index (χ0) is 9.14. The van der Waals surface area contributed by atoms with Gasteiger partial charge in [-0.2, -0.15) is 0 Å². The Balaban J connectivity index is 3.07. The number of aliphatic hydroxyl groups excluding tert-OH is 1. The average molecular weight is 166 g/mol. The van der Waals surface area contributed by atoms with Crippen LogP contribution >= 0.6 is 0 Å². The first-order chi connectivity index (χ1) is 5.66. The van der Waals surface area contributed by atoms with E-state index in [4.69, 9.17) is 16.6 Å². The largest absolute Gasteiger partial charge is 0.398 e. The summed E-state index contributed by atoms with van der Waals surface area (Å²) in [5.74, 6) is 0. The first kappa shape index (κ1) is 9.03. The molecule has 0 spiro atoms. The zero-order valence-corrected chi connectivity index (χ0v) is 7.12. The number of nitrogens with two attached hydrogens (primary N) is 2. The van der Waals surface area contributed by atoms with Crippen LogP contribution in [0.1, 0.15) is 17.2 Å². The first-order valence-electron chi connectivity index (χ1n) is 3.88. The number of hydrogen-bond donors (Lipinski definition) is 3. The van der Waals surface area contributed by atoms with E-state index in [0.717, 1.165) is 11.1 Å². The fourth-order valence-corrected chi connectivity index (χ4v) is 1.13. The fourth-order valence-electron chi connectivity index (χ4n) is 1.13. The van der Waals surface area contributed by atoms with Gasteiger partial charge in [-0.1, -0.05) is 18.2 Å². The van der Waals surface area contributed by atoms with Crippen LogP contribution in [0.3, 0.4) is 0 Å². The van der Waals surface area contributed by atoms with E-state index in [9.17, 15) is 0 Å². The maximum atomic E-state index is 8.82. The molecular formula is C9H14N2O. The Bertz CT molecular complexity index is 273. The first-order valence-corrected chi connectivity index (χ1v) is 3.88. The van der Waals surface area contributed by atoms with E-state index >= 15 is 0 Å². The highest BCUT2D eigenvalue weighted by Crippen LogP contribution is 2.21. The van der Waals surface area contributed by atoms with Crippen molar-refractivity contribution in [3.63, 3.8) is 0 Å². The molecule has 0 fully saturated rings. The van der Waals surface area contributed by atoms with Gasteiger partial charge >= 0.3 is 0 Å². The monoisotopic (exact) mass is 166 g/mol. The molecule has 66 valence electrons. The van der Waals surface area contributed by atoms with Crippen LogP contribution in [-0.2, 0) is 0 Å². The molecule has 0 amide bonds. The van der Waals surface area contributed by atoms with E-state index in [0.29, 0.717) is 5.69 Å². The molecule has 5 N–H and O–H groups in total. The van der Waals surface area contributed by atoms with Crippen molar-refractivity contribution >= 4 is 5.69 Å². The molecular weight excluding hydrogens is 152 g/mol. The summed E-state index contributed by atoms with van der Waals surface area (Å²) in [6.45, 7) is 1.84. The second kappa shape index (κ2) is 3.56. The van der Waals surface area contributed by atoms with Crippen molar-refractivity contribution in [1.82, 2.24) is 0 Å². The average Bonchev–Trinajstić information content (AvgIpc) is 2.08. The van der Waals surface area contributed by atoms with Crippen LogP contribution in [0.5, 0.6) is 0 Å². The van der Waals surface area contributed by atoms with Gasteiger partial charge in [-0.25, -0.2) is 0 Å². The highest BCUT2D eigenvalue weighted by atomic mass is 16.3. The Labute approximate surface area is 72.0 Å². The summed E-state index contributed by atoms with van der Waals surface area (Å²) in [6, 6.07) is 5.27. The van der Waals surface area contributed by atoms with Crippen LogP contribution in [0.2, 0.25) is 0 Å². The smallest absolute Gasteiger partial charge is 0.0625 e. The number of anilines is 1. The Morgan fingerprint density at radius 3 is 2.75 bits per heavy atom. The number of nitrogen functional groups attached to an aromatic ring is 1. The Hall–Kier alpha value is -1.06. The Kier molecular flexibility index (Phi) is 2.68. The van der Waals surface area contributed by atoms with Gasteiger partial charge in [0, 0.05) is 5.69 Å². The van der Waals surface area contributed by atoms with Crippen LogP contribution in [-0.4, -0.2) is 11.7 Å². The zero-order valence-electron chi connectivity index (χ0n) is 7.12. The minimum atomic E-state index is -0.370. The lowest BCUT2D eigenvalue weighted by Crippen LogP contribution is -2.16. The molecule has 1 aromatic carbocycles. The van der Waals surface area contributed by atoms with Crippen molar-refractivity contribution < 1.29 is 5.11 Å². The van der Waals surface area contributed by atoms with Crippen molar-refractivity contribution in [2.24, 2.45) is 5.73 Å². The van der Waals surface area contributed by atoms with Gasteiger partial charge in [-0.15, -0.1) is 0 Å². The topological polar surface area (TPSA) is 72.3 Å². The predicted molar refractivity (Wildman–Crippen MR) is 49.6 cm³/mol. The third-order valence-corrected chi connectivity index (χ3v) is 1.95. The van der Waals surface area contributed by atoms with Gasteiger partial charge in [0.05, 0.1) is 12.6 Å². The maximum Gasteiger partial charge on any atom is 0.0625 e. The lowest BCUT2D eigenvalue weighted by atomic mass is 10.0. The summed E-state index contributed by atoms with van der Waals surface area (Å²) < 4.78 is 0. The molecule has 0 heterocycles. The number of hydrogen-bond acceptors (Lipinski definition) is 3. The normalized spacial score (nSPS) is 12.9. The molecule has 12 heavy (non-hydrogen) atoms. The maximum absolute atomic E-state index is 8.82. The fraction of sp³-hybridized carbons (Fsp3) is 0.333. The minimum absolute atomic E-state index is 0.0757. The van der Waals surface area contributed by atoms with E-state index in [1.54, 1.807) is 0 Å². The summed E-state index contributed by atoms with van der Waals surface area (Å²) in [5, 5.41) is 8.82. The molecule has 0 aliphatic rings. The van der Waals surface area contributed by atoms with Gasteiger partial charge in [-0.05, 0) is 18.1 Å². The standard InChI is InChI=1S/C9H14N2O/c1-6-3-2-4-7(9(6)11)8(10)5-12/h2-4,8,12H,5,10-11H2,1H3/t8-/m0/s1. The molecule has 3 nitrogen and oxygen atoms in total. The van der Waals surface area contributed by atoms with Crippen molar-refractivity contribution in [3.8, 4) is 0 Å². The highest BCUT2D eigenvalue weighted by Gasteiger charge is 2.08. The molecule has 0 radical (unpaired) electrons. The number of benzene rings is 1. The van der Waals surface area contributed by atoms with Gasteiger partial charge in [0.1, 0.15) is 0 Å². The van der Waals surface area contributed by atoms with E-state index in [-0.39, 0.29) is 12.6 Å². The Morgan fingerprint density at radius 1 is 1.50 bits per heavy atom. The molecule has 0 aliphatic heterocycles. The predicted octanol–water partition coefficient (Wildman–Crippen LogP) is 0.569. The van der Waals surface area contributed by atoms with Crippen LogP contribution in [0.25, 0.3) is 0 Å². The van der Waals surface area contributed by atoms with E-state index in [1.807, 2.05) is 25.1 Å². The third kappa shape index (κ3) is 1.57. The molecule has 0 saturated carbocycles. The van der Waals surface area contributed by atoms with E-state index < -0.39 is 0 Å². The van der Waals surface area contributed by atoms with Crippen LogP contribution in [0.4, 0.5) is 5.69 Å². The molecule has 0 aromatic heterocycles. The van der Waals surface area contributed by atoms with Crippen molar-refractivity contribution in [3.05, 3.63) is 29.3 Å². The van der Waals surface area contributed by atoms with E-state index in [1.165, 1.54) is 0 Å². The molecule has 0 saturated heterocycles. The van der Waals surface area contributed by atoms with Crippen molar-refractivity contribution in [1.29, 1.82) is 0 Å².